The van der Waals surface area contributed by atoms with E-state index in [1.807, 2.05) is 18.5 Å². The van der Waals surface area contributed by atoms with E-state index >= 15 is 0 Å². The van der Waals surface area contributed by atoms with Crippen molar-refractivity contribution in [1.82, 2.24) is 19.9 Å². The summed E-state index contributed by atoms with van der Waals surface area (Å²) in [5.41, 5.74) is 2.37. The molecule has 114 valence electrons. The maximum absolute atomic E-state index is 4.59. The molecule has 2 aromatic rings. The fourth-order valence-corrected chi connectivity index (χ4v) is 2.60. The SMILES string of the molecule is CCCNC(Cc1nccn1CCC)c1ncccc1C. The number of aryl methyl sites for hydroxylation is 2. The van der Waals surface area contributed by atoms with Gasteiger partial charge in [0.1, 0.15) is 5.82 Å². The number of pyridine rings is 1. The Morgan fingerprint density at radius 1 is 1.19 bits per heavy atom. The van der Waals surface area contributed by atoms with Crippen molar-refractivity contribution in [2.45, 2.75) is 52.6 Å². The Bertz CT molecular complexity index is 547. The van der Waals surface area contributed by atoms with Crippen molar-refractivity contribution in [3.63, 3.8) is 0 Å². The molecule has 0 spiro atoms. The van der Waals surface area contributed by atoms with E-state index in [0.29, 0.717) is 0 Å². The van der Waals surface area contributed by atoms with Crippen LogP contribution >= 0.6 is 0 Å². The molecule has 0 fully saturated rings. The van der Waals surface area contributed by atoms with Crippen LogP contribution in [0.3, 0.4) is 0 Å². The average molecular weight is 286 g/mol. The second kappa shape index (κ2) is 7.93. The van der Waals surface area contributed by atoms with E-state index in [9.17, 15) is 0 Å². The van der Waals surface area contributed by atoms with Gasteiger partial charge in [0.2, 0.25) is 0 Å². The van der Waals surface area contributed by atoms with E-state index in [1.165, 1.54) is 5.56 Å². The summed E-state index contributed by atoms with van der Waals surface area (Å²) in [4.78, 5) is 9.12. The lowest BCUT2D eigenvalue weighted by atomic mass is 10.0. The van der Waals surface area contributed by atoms with Crippen molar-refractivity contribution in [3.05, 3.63) is 47.8 Å². The molecular formula is C17H26N4. The molecule has 4 heteroatoms. The standard InChI is InChI=1S/C17H26N4/c1-4-8-18-15(17-14(3)7-6-9-20-17)13-16-19-10-12-21(16)11-5-2/h6-7,9-10,12,15,18H,4-5,8,11,13H2,1-3H3. The van der Waals surface area contributed by atoms with Crippen molar-refractivity contribution in [2.75, 3.05) is 6.54 Å². The van der Waals surface area contributed by atoms with Gasteiger partial charge >= 0.3 is 0 Å². The van der Waals surface area contributed by atoms with Crippen molar-refractivity contribution < 1.29 is 0 Å². The Kier molecular flexibility index (Phi) is 5.93. The summed E-state index contributed by atoms with van der Waals surface area (Å²) >= 11 is 0. The average Bonchev–Trinajstić information content (AvgIpc) is 2.92. The Hall–Kier alpha value is -1.68. The molecule has 2 heterocycles. The zero-order valence-corrected chi connectivity index (χ0v) is 13.3. The van der Waals surface area contributed by atoms with Crippen LogP contribution in [0, 0.1) is 6.92 Å². The van der Waals surface area contributed by atoms with Gasteiger partial charge in [0.05, 0.1) is 11.7 Å². The van der Waals surface area contributed by atoms with Crippen LogP contribution in [0.5, 0.6) is 0 Å². The van der Waals surface area contributed by atoms with Crippen LogP contribution in [-0.4, -0.2) is 21.1 Å². The van der Waals surface area contributed by atoms with Gasteiger partial charge in [0, 0.05) is 31.6 Å². The molecule has 0 saturated carbocycles. The first-order valence-electron chi connectivity index (χ1n) is 7.91. The molecule has 0 bridgehead atoms. The first kappa shape index (κ1) is 15.7. The molecule has 0 saturated heterocycles. The molecule has 21 heavy (non-hydrogen) atoms. The Labute approximate surface area is 127 Å². The zero-order valence-electron chi connectivity index (χ0n) is 13.3. The lowest BCUT2D eigenvalue weighted by Crippen LogP contribution is -2.27. The van der Waals surface area contributed by atoms with Gasteiger partial charge < -0.3 is 9.88 Å². The van der Waals surface area contributed by atoms with E-state index in [4.69, 9.17) is 0 Å². The summed E-state index contributed by atoms with van der Waals surface area (Å²) < 4.78 is 2.25. The fraction of sp³-hybridized carbons (Fsp3) is 0.529. The third-order valence-corrected chi connectivity index (χ3v) is 3.67. The minimum absolute atomic E-state index is 0.226. The highest BCUT2D eigenvalue weighted by Crippen LogP contribution is 2.19. The summed E-state index contributed by atoms with van der Waals surface area (Å²) in [5, 5.41) is 3.62. The first-order valence-corrected chi connectivity index (χ1v) is 7.91. The second-order valence-electron chi connectivity index (χ2n) is 5.45. The number of aromatic nitrogens is 3. The van der Waals surface area contributed by atoms with Gasteiger partial charge in [-0.05, 0) is 37.9 Å². The highest BCUT2D eigenvalue weighted by molar-refractivity contribution is 5.22. The monoisotopic (exact) mass is 286 g/mol. The third-order valence-electron chi connectivity index (χ3n) is 3.67. The van der Waals surface area contributed by atoms with Crippen LogP contribution in [0.1, 0.15) is 49.8 Å². The van der Waals surface area contributed by atoms with Gasteiger partial charge in [-0.1, -0.05) is 19.9 Å². The Morgan fingerprint density at radius 2 is 2.05 bits per heavy atom. The number of hydrogen-bond donors (Lipinski definition) is 1. The largest absolute Gasteiger partial charge is 0.335 e. The maximum atomic E-state index is 4.59. The quantitative estimate of drug-likeness (QED) is 0.810. The molecule has 0 aromatic carbocycles. The predicted octanol–water partition coefficient (Wildman–Crippen LogP) is 3.28. The van der Waals surface area contributed by atoms with E-state index in [-0.39, 0.29) is 6.04 Å². The van der Waals surface area contributed by atoms with E-state index in [2.05, 4.69) is 52.9 Å². The van der Waals surface area contributed by atoms with Crippen molar-refractivity contribution in [2.24, 2.45) is 0 Å². The topological polar surface area (TPSA) is 42.7 Å². The minimum Gasteiger partial charge on any atom is -0.335 e. The van der Waals surface area contributed by atoms with Crippen LogP contribution in [0.4, 0.5) is 0 Å². The van der Waals surface area contributed by atoms with Crippen LogP contribution in [0.25, 0.3) is 0 Å². The number of rotatable bonds is 8. The fourth-order valence-electron chi connectivity index (χ4n) is 2.60. The normalized spacial score (nSPS) is 12.5. The molecule has 0 radical (unpaired) electrons. The van der Waals surface area contributed by atoms with E-state index in [1.54, 1.807) is 0 Å². The molecular weight excluding hydrogens is 260 g/mol. The van der Waals surface area contributed by atoms with Crippen molar-refractivity contribution >= 4 is 0 Å². The molecule has 0 amide bonds. The Morgan fingerprint density at radius 3 is 2.76 bits per heavy atom. The molecule has 2 aromatic heterocycles. The highest BCUT2D eigenvalue weighted by Gasteiger charge is 2.17. The predicted molar refractivity (Wildman–Crippen MR) is 86.2 cm³/mol. The number of hydrogen-bond acceptors (Lipinski definition) is 3. The lowest BCUT2D eigenvalue weighted by molar-refractivity contribution is 0.490. The minimum atomic E-state index is 0.226. The first-order chi connectivity index (χ1) is 10.3. The lowest BCUT2D eigenvalue weighted by Gasteiger charge is -2.20. The molecule has 2 rings (SSSR count). The molecule has 4 nitrogen and oxygen atoms in total. The summed E-state index contributed by atoms with van der Waals surface area (Å²) in [6, 6.07) is 4.35. The summed E-state index contributed by atoms with van der Waals surface area (Å²) in [7, 11) is 0. The number of nitrogens with zero attached hydrogens (tertiary/aromatic N) is 3. The van der Waals surface area contributed by atoms with E-state index in [0.717, 1.165) is 43.9 Å². The summed E-state index contributed by atoms with van der Waals surface area (Å²) in [5.74, 6) is 1.13. The van der Waals surface area contributed by atoms with Crippen LogP contribution in [-0.2, 0) is 13.0 Å². The number of imidazole rings is 1. The van der Waals surface area contributed by atoms with Gasteiger partial charge in [0.15, 0.2) is 0 Å². The summed E-state index contributed by atoms with van der Waals surface area (Å²) in [6.07, 6.45) is 8.96. The Balaban J connectivity index is 2.20. The molecule has 0 aliphatic heterocycles. The molecule has 1 N–H and O–H groups in total. The third kappa shape index (κ3) is 4.14. The molecule has 0 aliphatic rings. The second-order valence-corrected chi connectivity index (χ2v) is 5.45. The van der Waals surface area contributed by atoms with Gasteiger partial charge in [-0.25, -0.2) is 4.98 Å². The smallest absolute Gasteiger partial charge is 0.110 e. The zero-order chi connectivity index (χ0) is 15.1. The molecule has 1 unspecified atom stereocenters. The van der Waals surface area contributed by atoms with Crippen molar-refractivity contribution in [3.8, 4) is 0 Å². The van der Waals surface area contributed by atoms with Gasteiger partial charge in [-0.15, -0.1) is 0 Å². The maximum Gasteiger partial charge on any atom is 0.110 e. The number of nitrogens with one attached hydrogen (secondary N) is 1. The molecule has 1 atom stereocenters. The molecule has 0 aliphatic carbocycles. The highest BCUT2D eigenvalue weighted by atomic mass is 15.1. The summed E-state index contributed by atoms with van der Waals surface area (Å²) in [6.45, 7) is 8.53. The van der Waals surface area contributed by atoms with Gasteiger partial charge in [0.25, 0.3) is 0 Å². The van der Waals surface area contributed by atoms with Crippen LogP contribution in [0.2, 0.25) is 0 Å². The van der Waals surface area contributed by atoms with Crippen LogP contribution < -0.4 is 5.32 Å². The van der Waals surface area contributed by atoms with Crippen molar-refractivity contribution in [1.29, 1.82) is 0 Å². The van der Waals surface area contributed by atoms with E-state index < -0.39 is 0 Å². The van der Waals surface area contributed by atoms with Gasteiger partial charge in [-0.2, -0.15) is 0 Å². The van der Waals surface area contributed by atoms with Gasteiger partial charge in [-0.3, -0.25) is 4.98 Å². The van der Waals surface area contributed by atoms with Crippen LogP contribution in [0.15, 0.2) is 30.7 Å².